The van der Waals surface area contributed by atoms with E-state index in [4.69, 9.17) is 4.74 Å². The van der Waals surface area contributed by atoms with Crippen molar-refractivity contribution >= 4 is 17.2 Å². The van der Waals surface area contributed by atoms with Gasteiger partial charge in [-0.2, -0.15) is 0 Å². The molecule has 3 aromatic rings. The number of hydrogen-bond donors (Lipinski definition) is 2. The summed E-state index contributed by atoms with van der Waals surface area (Å²) in [5, 5.41) is 8.48. The normalized spacial score (nSPS) is 13.0. The van der Waals surface area contributed by atoms with Crippen molar-refractivity contribution in [2.75, 3.05) is 13.7 Å². The van der Waals surface area contributed by atoms with Crippen LogP contribution in [0.1, 0.15) is 35.0 Å². The molecular weight excluding hydrogens is 356 g/mol. The fourth-order valence-corrected chi connectivity index (χ4v) is 3.66. The highest BCUT2D eigenvalue weighted by molar-refractivity contribution is 7.10. The molecule has 0 bridgehead atoms. The number of ether oxygens (including phenoxy) is 1. The third-order valence-electron chi connectivity index (χ3n) is 4.43. The number of methoxy groups -OCH3 is 1. The third-order valence-corrected chi connectivity index (χ3v) is 5.48. The number of benzene rings is 2. The highest BCUT2D eigenvalue weighted by Gasteiger charge is 2.17. The van der Waals surface area contributed by atoms with Crippen LogP contribution in [0.4, 0.5) is 0 Å². The molecule has 0 saturated heterocycles. The van der Waals surface area contributed by atoms with E-state index in [0.29, 0.717) is 0 Å². The van der Waals surface area contributed by atoms with E-state index in [1.165, 1.54) is 4.88 Å². The summed E-state index contributed by atoms with van der Waals surface area (Å²) >= 11 is 1.69. The number of rotatable bonds is 8. The maximum absolute atomic E-state index is 12.6. The molecule has 0 aliphatic carbocycles. The summed E-state index contributed by atoms with van der Waals surface area (Å²) in [6, 6.07) is 21.8. The second-order valence-electron chi connectivity index (χ2n) is 6.30. The van der Waals surface area contributed by atoms with Crippen LogP contribution in [0.25, 0.3) is 0 Å². The van der Waals surface area contributed by atoms with Gasteiger partial charge in [0.1, 0.15) is 5.75 Å². The van der Waals surface area contributed by atoms with Crippen molar-refractivity contribution in [1.29, 1.82) is 0 Å². The van der Waals surface area contributed by atoms with Gasteiger partial charge in [-0.25, -0.2) is 0 Å². The molecule has 1 aromatic heterocycles. The summed E-state index contributed by atoms with van der Waals surface area (Å²) in [4.78, 5) is 13.8. The van der Waals surface area contributed by atoms with Crippen LogP contribution in [0.15, 0.2) is 72.1 Å². The van der Waals surface area contributed by atoms with Gasteiger partial charge in [-0.1, -0.05) is 48.5 Å². The fraction of sp³-hybridized carbons (Fsp3) is 0.227. The molecule has 0 spiro atoms. The molecule has 2 atom stereocenters. The van der Waals surface area contributed by atoms with Crippen molar-refractivity contribution < 1.29 is 9.53 Å². The average molecular weight is 381 g/mol. The Kier molecular flexibility index (Phi) is 6.63. The standard InChI is InChI=1S/C22H24N2O2S/c1-16(20-9-6-14-27-20)23-15-21(25)24-22(17-7-4-3-5-8-17)18-10-12-19(26-2)13-11-18/h3-14,16,22-23H,15H2,1-2H3,(H,24,25)/t16-,22-/m1/s1. The molecule has 0 aliphatic heterocycles. The predicted octanol–water partition coefficient (Wildman–Crippen LogP) is 4.31. The number of nitrogens with one attached hydrogen (secondary N) is 2. The molecule has 140 valence electrons. The Hall–Kier alpha value is -2.63. The topological polar surface area (TPSA) is 50.4 Å². The fourth-order valence-electron chi connectivity index (χ4n) is 2.90. The predicted molar refractivity (Wildman–Crippen MR) is 110 cm³/mol. The number of thiophene rings is 1. The zero-order chi connectivity index (χ0) is 19.1. The molecule has 0 unspecified atom stereocenters. The Bertz CT molecular complexity index is 833. The van der Waals surface area contributed by atoms with E-state index < -0.39 is 0 Å². The summed E-state index contributed by atoms with van der Waals surface area (Å²) in [7, 11) is 1.64. The van der Waals surface area contributed by atoms with Crippen LogP contribution < -0.4 is 15.4 Å². The Morgan fingerprint density at radius 3 is 2.33 bits per heavy atom. The molecule has 0 radical (unpaired) electrons. The van der Waals surface area contributed by atoms with Crippen molar-refractivity contribution in [3.05, 3.63) is 88.1 Å². The summed E-state index contributed by atoms with van der Waals surface area (Å²) in [6.45, 7) is 2.33. The molecule has 3 rings (SSSR count). The van der Waals surface area contributed by atoms with Crippen LogP contribution >= 0.6 is 11.3 Å². The van der Waals surface area contributed by atoms with E-state index in [1.807, 2.05) is 66.0 Å². The largest absolute Gasteiger partial charge is 0.497 e. The molecule has 0 fully saturated rings. The number of hydrogen-bond acceptors (Lipinski definition) is 4. The lowest BCUT2D eigenvalue weighted by Gasteiger charge is -2.21. The molecule has 2 aromatic carbocycles. The highest BCUT2D eigenvalue weighted by Crippen LogP contribution is 2.24. The lowest BCUT2D eigenvalue weighted by atomic mass is 9.98. The second-order valence-corrected chi connectivity index (χ2v) is 7.28. The molecule has 1 amide bonds. The molecular formula is C22H24N2O2S. The van der Waals surface area contributed by atoms with E-state index in [1.54, 1.807) is 18.4 Å². The summed E-state index contributed by atoms with van der Waals surface area (Å²) < 4.78 is 5.24. The number of amides is 1. The molecule has 5 heteroatoms. The quantitative estimate of drug-likeness (QED) is 0.612. The molecule has 4 nitrogen and oxygen atoms in total. The van der Waals surface area contributed by atoms with Crippen molar-refractivity contribution in [3.63, 3.8) is 0 Å². The zero-order valence-corrected chi connectivity index (χ0v) is 16.3. The van der Waals surface area contributed by atoms with Crippen LogP contribution in [0.5, 0.6) is 5.75 Å². The van der Waals surface area contributed by atoms with Gasteiger partial charge in [-0.15, -0.1) is 11.3 Å². The van der Waals surface area contributed by atoms with Gasteiger partial charge in [0.15, 0.2) is 0 Å². The van der Waals surface area contributed by atoms with Crippen molar-refractivity contribution in [3.8, 4) is 5.75 Å². The smallest absolute Gasteiger partial charge is 0.234 e. The minimum absolute atomic E-state index is 0.0388. The van der Waals surface area contributed by atoms with Gasteiger partial charge in [0.2, 0.25) is 5.91 Å². The van der Waals surface area contributed by atoms with Crippen molar-refractivity contribution in [2.24, 2.45) is 0 Å². The number of carbonyl (C=O) groups excluding carboxylic acids is 1. The first-order valence-electron chi connectivity index (χ1n) is 8.92. The first-order valence-corrected chi connectivity index (χ1v) is 9.80. The number of carbonyl (C=O) groups is 1. The van der Waals surface area contributed by atoms with E-state index in [0.717, 1.165) is 16.9 Å². The molecule has 0 saturated carbocycles. The van der Waals surface area contributed by atoms with E-state index in [2.05, 4.69) is 23.6 Å². The SMILES string of the molecule is COc1ccc([C@H](NC(=O)CN[C@H](C)c2cccs2)c2ccccc2)cc1. The van der Waals surface area contributed by atoms with Crippen LogP contribution in [0.3, 0.4) is 0 Å². The average Bonchev–Trinajstić information content (AvgIpc) is 3.26. The van der Waals surface area contributed by atoms with Gasteiger partial charge in [-0.05, 0) is 41.6 Å². The van der Waals surface area contributed by atoms with Gasteiger partial charge in [0.05, 0.1) is 19.7 Å². The lowest BCUT2D eigenvalue weighted by Crippen LogP contribution is -2.37. The van der Waals surface area contributed by atoms with Crippen LogP contribution in [0.2, 0.25) is 0 Å². The Balaban J connectivity index is 1.70. The van der Waals surface area contributed by atoms with Gasteiger partial charge in [-0.3, -0.25) is 4.79 Å². The van der Waals surface area contributed by atoms with Crippen molar-refractivity contribution in [2.45, 2.75) is 19.0 Å². The van der Waals surface area contributed by atoms with E-state index >= 15 is 0 Å². The summed E-state index contributed by atoms with van der Waals surface area (Å²) in [5.41, 5.74) is 2.06. The third kappa shape index (κ3) is 5.18. The zero-order valence-electron chi connectivity index (χ0n) is 15.5. The Morgan fingerprint density at radius 1 is 1.00 bits per heavy atom. The molecule has 2 N–H and O–H groups in total. The lowest BCUT2D eigenvalue weighted by molar-refractivity contribution is -0.120. The summed E-state index contributed by atoms with van der Waals surface area (Å²) in [6.07, 6.45) is 0. The van der Waals surface area contributed by atoms with Gasteiger partial charge in [0.25, 0.3) is 0 Å². The molecule has 0 aliphatic rings. The van der Waals surface area contributed by atoms with Gasteiger partial charge >= 0.3 is 0 Å². The molecule has 27 heavy (non-hydrogen) atoms. The summed E-state index contributed by atoms with van der Waals surface area (Å²) in [5.74, 6) is 0.756. The highest BCUT2D eigenvalue weighted by atomic mass is 32.1. The van der Waals surface area contributed by atoms with Crippen LogP contribution in [-0.2, 0) is 4.79 Å². The second kappa shape index (κ2) is 9.35. The maximum Gasteiger partial charge on any atom is 0.234 e. The first-order chi connectivity index (χ1) is 13.2. The van der Waals surface area contributed by atoms with E-state index in [-0.39, 0.29) is 24.5 Å². The van der Waals surface area contributed by atoms with Gasteiger partial charge in [0, 0.05) is 10.9 Å². The molecule has 1 heterocycles. The van der Waals surface area contributed by atoms with Crippen LogP contribution in [-0.4, -0.2) is 19.6 Å². The monoisotopic (exact) mass is 380 g/mol. The Labute approximate surface area is 164 Å². The van der Waals surface area contributed by atoms with E-state index in [9.17, 15) is 4.79 Å². The first kappa shape index (κ1) is 19.1. The maximum atomic E-state index is 12.6. The van der Waals surface area contributed by atoms with Crippen molar-refractivity contribution in [1.82, 2.24) is 10.6 Å². The minimum atomic E-state index is -0.205. The van der Waals surface area contributed by atoms with Crippen LogP contribution in [0, 0.1) is 0 Å². The van der Waals surface area contributed by atoms with Gasteiger partial charge < -0.3 is 15.4 Å². The Morgan fingerprint density at radius 2 is 1.70 bits per heavy atom. The minimum Gasteiger partial charge on any atom is -0.497 e.